The molecule has 1 atom stereocenters. The van der Waals surface area contributed by atoms with Crippen molar-refractivity contribution in [2.45, 2.75) is 20.3 Å². The van der Waals surface area contributed by atoms with E-state index in [1.165, 1.54) is 26.1 Å². The van der Waals surface area contributed by atoms with E-state index in [4.69, 9.17) is 0 Å². The Morgan fingerprint density at radius 1 is 1.31 bits per heavy atom. The topological polar surface area (TPSA) is 15.3 Å². The minimum atomic E-state index is 0.855. The molecule has 0 fully saturated rings. The molecule has 1 unspecified atom stereocenters. The maximum absolute atomic E-state index is 3.41. The molecule has 1 N–H and O–H groups in total. The van der Waals surface area contributed by atoms with E-state index < -0.39 is 0 Å². The lowest BCUT2D eigenvalue weighted by Crippen LogP contribution is -2.30. The summed E-state index contributed by atoms with van der Waals surface area (Å²) in [5, 5.41) is 3.41. The van der Waals surface area contributed by atoms with Crippen molar-refractivity contribution >= 4 is 0 Å². The summed E-state index contributed by atoms with van der Waals surface area (Å²) in [5.41, 5.74) is 3.34. The Kier molecular flexibility index (Phi) is 2.70. The lowest BCUT2D eigenvalue weighted by atomic mass is 10.1. The third kappa shape index (κ3) is 1.94. The fraction of sp³-hybridized carbons (Fsp3) is 0.818. The molecule has 2 nitrogen and oxygen atoms in total. The first-order chi connectivity index (χ1) is 6.29. The van der Waals surface area contributed by atoms with E-state index in [2.05, 4.69) is 24.1 Å². The van der Waals surface area contributed by atoms with Gasteiger partial charge in [0.15, 0.2) is 0 Å². The van der Waals surface area contributed by atoms with E-state index in [0.717, 1.165) is 19.0 Å². The molecule has 0 amide bonds. The Bertz CT molecular complexity index is 204. The molecule has 0 aromatic rings. The average molecular weight is 180 g/mol. The number of nitrogens with one attached hydrogen (secondary N) is 1. The zero-order valence-electron chi connectivity index (χ0n) is 8.77. The van der Waals surface area contributed by atoms with Crippen LogP contribution in [-0.4, -0.2) is 37.6 Å². The third-order valence-electron chi connectivity index (χ3n) is 3.27. The van der Waals surface area contributed by atoms with Gasteiger partial charge < -0.3 is 5.32 Å². The molecular formula is C11H20N2. The summed E-state index contributed by atoms with van der Waals surface area (Å²) in [4.78, 5) is 2.60. The monoisotopic (exact) mass is 180 g/mol. The van der Waals surface area contributed by atoms with Crippen molar-refractivity contribution in [3.05, 3.63) is 11.1 Å². The molecule has 0 saturated carbocycles. The molecule has 0 radical (unpaired) electrons. The number of hydrogen-bond donors (Lipinski definition) is 1. The van der Waals surface area contributed by atoms with E-state index in [9.17, 15) is 0 Å². The summed E-state index contributed by atoms with van der Waals surface area (Å²) >= 11 is 0. The van der Waals surface area contributed by atoms with Gasteiger partial charge in [0.1, 0.15) is 0 Å². The van der Waals surface area contributed by atoms with Crippen molar-refractivity contribution in [3.63, 3.8) is 0 Å². The molecule has 2 aliphatic heterocycles. The van der Waals surface area contributed by atoms with E-state index in [1.807, 2.05) is 0 Å². The Hall–Kier alpha value is -0.340. The molecule has 0 aromatic heterocycles. The summed E-state index contributed by atoms with van der Waals surface area (Å²) in [6.07, 6.45) is 1.30. The van der Waals surface area contributed by atoms with E-state index in [0.29, 0.717) is 0 Å². The Morgan fingerprint density at radius 3 is 2.46 bits per heavy atom. The second-order valence-electron chi connectivity index (χ2n) is 4.49. The van der Waals surface area contributed by atoms with Crippen molar-refractivity contribution in [2.75, 3.05) is 32.7 Å². The highest BCUT2D eigenvalue weighted by molar-refractivity contribution is 5.29. The molecule has 2 heterocycles. The molecular weight excluding hydrogens is 160 g/mol. The van der Waals surface area contributed by atoms with Crippen LogP contribution >= 0.6 is 0 Å². The first-order valence-corrected chi connectivity index (χ1v) is 5.42. The van der Waals surface area contributed by atoms with Crippen LogP contribution in [0.5, 0.6) is 0 Å². The van der Waals surface area contributed by atoms with Crippen LogP contribution in [0.4, 0.5) is 0 Å². The lowest BCUT2D eigenvalue weighted by molar-refractivity contribution is 0.284. The van der Waals surface area contributed by atoms with Crippen LogP contribution in [0.1, 0.15) is 20.3 Å². The number of rotatable bonds is 3. The molecule has 2 heteroatoms. The van der Waals surface area contributed by atoms with E-state index in [1.54, 1.807) is 11.1 Å². The lowest BCUT2D eigenvalue weighted by Gasteiger charge is -2.21. The molecule has 2 aliphatic rings. The van der Waals surface area contributed by atoms with Gasteiger partial charge in [0.05, 0.1) is 0 Å². The van der Waals surface area contributed by atoms with Crippen LogP contribution in [0, 0.1) is 5.92 Å². The van der Waals surface area contributed by atoms with Crippen LogP contribution < -0.4 is 5.32 Å². The second kappa shape index (κ2) is 3.81. The second-order valence-corrected chi connectivity index (χ2v) is 4.49. The van der Waals surface area contributed by atoms with Gasteiger partial charge in [-0.15, -0.1) is 0 Å². The first-order valence-electron chi connectivity index (χ1n) is 5.42. The highest BCUT2D eigenvalue weighted by atomic mass is 15.2. The van der Waals surface area contributed by atoms with Crippen molar-refractivity contribution in [1.29, 1.82) is 0 Å². The van der Waals surface area contributed by atoms with Gasteiger partial charge in [0.25, 0.3) is 0 Å². The quantitative estimate of drug-likeness (QED) is 0.658. The Balaban J connectivity index is 1.82. The molecule has 0 saturated heterocycles. The number of nitrogens with zero attached hydrogens (tertiary/aromatic N) is 1. The largest absolute Gasteiger partial charge is 0.309 e. The average Bonchev–Trinajstić information content (AvgIpc) is 2.63. The molecule has 2 rings (SSSR count). The standard InChI is InChI=1S/C11H20N2/c1-3-9(2)6-13-7-10-4-12-5-11(10)8-13/h9,12H,3-8H2,1-2H3. The maximum Gasteiger partial charge on any atom is 0.0212 e. The predicted molar refractivity (Wildman–Crippen MR) is 55.8 cm³/mol. The maximum atomic E-state index is 3.41. The molecule has 13 heavy (non-hydrogen) atoms. The molecule has 74 valence electrons. The van der Waals surface area contributed by atoms with Gasteiger partial charge in [0.2, 0.25) is 0 Å². The third-order valence-corrected chi connectivity index (χ3v) is 3.27. The predicted octanol–water partition coefficient (Wildman–Crippen LogP) is 1.25. The summed E-state index contributed by atoms with van der Waals surface area (Å²) in [5.74, 6) is 0.855. The van der Waals surface area contributed by atoms with Crippen molar-refractivity contribution in [2.24, 2.45) is 5.92 Å². The number of hydrogen-bond acceptors (Lipinski definition) is 2. The Labute approximate surface area is 81.0 Å². The Morgan fingerprint density at radius 2 is 1.92 bits per heavy atom. The van der Waals surface area contributed by atoms with Crippen LogP contribution in [0.25, 0.3) is 0 Å². The SMILES string of the molecule is CCC(C)CN1CC2=C(CNC2)C1. The van der Waals surface area contributed by atoms with Crippen molar-refractivity contribution in [3.8, 4) is 0 Å². The highest BCUT2D eigenvalue weighted by Crippen LogP contribution is 2.21. The highest BCUT2D eigenvalue weighted by Gasteiger charge is 2.25. The van der Waals surface area contributed by atoms with Crippen LogP contribution in [0.15, 0.2) is 11.1 Å². The fourth-order valence-corrected chi connectivity index (χ4v) is 2.24. The zero-order valence-corrected chi connectivity index (χ0v) is 8.77. The van der Waals surface area contributed by atoms with Gasteiger partial charge in [-0.05, 0) is 17.1 Å². The van der Waals surface area contributed by atoms with Gasteiger partial charge in [-0.3, -0.25) is 4.90 Å². The summed E-state index contributed by atoms with van der Waals surface area (Å²) in [7, 11) is 0. The van der Waals surface area contributed by atoms with Gasteiger partial charge in [-0.25, -0.2) is 0 Å². The van der Waals surface area contributed by atoms with Crippen LogP contribution in [0.2, 0.25) is 0 Å². The van der Waals surface area contributed by atoms with Gasteiger partial charge in [0, 0.05) is 32.7 Å². The van der Waals surface area contributed by atoms with E-state index >= 15 is 0 Å². The summed E-state index contributed by atoms with van der Waals surface area (Å²) in [6, 6.07) is 0. The van der Waals surface area contributed by atoms with Crippen molar-refractivity contribution < 1.29 is 0 Å². The summed E-state index contributed by atoms with van der Waals surface area (Å²) in [6.45, 7) is 10.7. The minimum Gasteiger partial charge on any atom is -0.309 e. The van der Waals surface area contributed by atoms with Gasteiger partial charge in [-0.2, -0.15) is 0 Å². The zero-order chi connectivity index (χ0) is 9.26. The first kappa shape index (κ1) is 9.22. The fourth-order valence-electron chi connectivity index (χ4n) is 2.24. The van der Waals surface area contributed by atoms with Gasteiger partial charge >= 0.3 is 0 Å². The molecule has 0 spiro atoms. The van der Waals surface area contributed by atoms with Crippen LogP contribution in [0.3, 0.4) is 0 Å². The minimum absolute atomic E-state index is 0.855. The normalized spacial score (nSPS) is 25.4. The van der Waals surface area contributed by atoms with Crippen LogP contribution in [-0.2, 0) is 0 Å². The molecule has 0 bridgehead atoms. The van der Waals surface area contributed by atoms with Crippen molar-refractivity contribution in [1.82, 2.24) is 10.2 Å². The smallest absolute Gasteiger partial charge is 0.0212 e. The van der Waals surface area contributed by atoms with Gasteiger partial charge in [-0.1, -0.05) is 20.3 Å². The molecule has 0 aromatic carbocycles. The molecule has 0 aliphatic carbocycles. The summed E-state index contributed by atoms with van der Waals surface area (Å²) < 4.78 is 0. The van der Waals surface area contributed by atoms with E-state index in [-0.39, 0.29) is 0 Å².